The molecule has 0 amide bonds. The molecular weight excluding hydrogens is 425 g/mol. The predicted octanol–water partition coefficient (Wildman–Crippen LogP) is 5.27. The summed E-state index contributed by atoms with van der Waals surface area (Å²) < 4.78 is 39.8. The van der Waals surface area contributed by atoms with Crippen LogP contribution in [0.25, 0.3) is 33.5 Å². The fourth-order valence-corrected chi connectivity index (χ4v) is 4.09. The highest BCUT2D eigenvalue weighted by Gasteiger charge is 2.30. The molecule has 0 atom stereocenters. The number of thioether (sulfide) groups is 1. The van der Waals surface area contributed by atoms with Gasteiger partial charge in [0.05, 0.1) is 34.3 Å². The first-order chi connectivity index (χ1) is 15.0. The molecule has 0 unspecified atom stereocenters. The van der Waals surface area contributed by atoms with Crippen molar-refractivity contribution in [2.75, 3.05) is 0 Å². The van der Waals surface area contributed by atoms with Crippen molar-refractivity contribution < 1.29 is 13.2 Å². The van der Waals surface area contributed by atoms with Gasteiger partial charge in [0.1, 0.15) is 16.9 Å². The van der Waals surface area contributed by atoms with E-state index in [9.17, 15) is 13.2 Å². The van der Waals surface area contributed by atoms with E-state index in [4.69, 9.17) is 4.98 Å². The van der Waals surface area contributed by atoms with Gasteiger partial charge in [0, 0.05) is 11.3 Å². The van der Waals surface area contributed by atoms with E-state index in [0.717, 1.165) is 12.1 Å². The van der Waals surface area contributed by atoms with Crippen LogP contribution in [0.3, 0.4) is 0 Å². The van der Waals surface area contributed by atoms with Crippen molar-refractivity contribution in [2.45, 2.75) is 17.0 Å². The summed E-state index contributed by atoms with van der Waals surface area (Å²) in [4.78, 5) is 24.8. The molecule has 3 aromatic heterocycles. The number of aromatic amines is 1. The lowest BCUT2D eigenvalue weighted by Crippen LogP contribution is -2.05. The van der Waals surface area contributed by atoms with Crippen LogP contribution < -0.4 is 0 Å². The molecule has 6 nitrogen and oxygen atoms in total. The molecule has 1 N–H and O–H groups in total. The number of fused-ring (bicyclic) bond motifs is 2. The summed E-state index contributed by atoms with van der Waals surface area (Å²) in [5.41, 5.74) is 3.13. The van der Waals surface area contributed by atoms with E-state index in [2.05, 4.69) is 24.9 Å². The summed E-state index contributed by atoms with van der Waals surface area (Å²) in [6, 6.07) is 12.4. The zero-order valence-corrected chi connectivity index (χ0v) is 16.6. The van der Waals surface area contributed by atoms with Crippen molar-refractivity contribution in [3.8, 4) is 11.3 Å². The summed E-state index contributed by atoms with van der Waals surface area (Å²) in [5.74, 6) is 0.356. The monoisotopic (exact) mass is 438 g/mol. The molecule has 0 bridgehead atoms. The molecule has 5 rings (SSSR count). The normalized spacial score (nSPS) is 12.0. The Balaban J connectivity index is 1.59. The summed E-state index contributed by atoms with van der Waals surface area (Å²) in [6.07, 6.45) is -1.49. The summed E-state index contributed by atoms with van der Waals surface area (Å²) in [5, 5.41) is 0.674. The Morgan fingerprint density at radius 1 is 0.903 bits per heavy atom. The van der Waals surface area contributed by atoms with E-state index < -0.39 is 11.7 Å². The number of nitrogens with zero attached hydrogens (tertiary/aromatic N) is 5. The van der Waals surface area contributed by atoms with E-state index in [0.29, 0.717) is 49.9 Å². The molecular formula is C21H13F3N6S. The molecule has 5 aromatic rings. The quantitative estimate of drug-likeness (QED) is 0.304. The average molecular weight is 438 g/mol. The van der Waals surface area contributed by atoms with E-state index in [1.165, 1.54) is 30.5 Å². The summed E-state index contributed by atoms with van der Waals surface area (Å²) >= 11 is 1.39. The standard InChI is InChI=1S/C21H13F3N6S/c22-21(23,24)13-5-3-4-12(8-13)17-16(29-14-6-1-2-7-15(14)30-17)9-31-20-18-19(26-10-25-18)27-11-28-20/h1-8,10-11H,9H2,(H,25,26,27,28). The molecule has 0 spiro atoms. The van der Waals surface area contributed by atoms with Crippen LogP contribution in [0, 0.1) is 0 Å². The minimum atomic E-state index is -4.44. The van der Waals surface area contributed by atoms with Gasteiger partial charge < -0.3 is 4.98 Å². The fourth-order valence-electron chi connectivity index (χ4n) is 3.20. The zero-order valence-electron chi connectivity index (χ0n) is 15.8. The lowest BCUT2D eigenvalue weighted by molar-refractivity contribution is -0.137. The molecule has 0 radical (unpaired) electrons. The van der Waals surface area contributed by atoms with Gasteiger partial charge in [-0.3, -0.25) is 0 Å². The smallest absolute Gasteiger partial charge is 0.341 e. The molecule has 0 saturated carbocycles. The van der Waals surface area contributed by atoms with E-state index in [1.54, 1.807) is 12.1 Å². The molecule has 0 fully saturated rings. The SMILES string of the molecule is FC(F)(F)c1cccc(-c2nc3ccccc3nc2CSc2ncnc3nc[nH]c23)c1. The van der Waals surface area contributed by atoms with Gasteiger partial charge in [-0.25, -0.2) is 24.9 Å². The number of hydrogen-bond acceptors (Lipinski definition) is 6. The van der Waals surface area contributed by atoms with Crippen molar-refractivity contribution in [1.82, 2.24) is 29.9 Å². The topological polar surface area (TPSA) is 80.2 Å². The van der Waals surface area contributed by atoms with Gasteiger partial charge in [0.15, 0.2) is 5.65 Å². The Hall–Kier alpha value is -3.53. The second-order valence-corrected chi connectivity index (χ2v) is 7.62. The molecule has 2 aromatic carbocycles. The van der Waals surface area contributed by atoms with Gasteiger partial charge in [0.25, 0.3) is 0 Å². The summed E-state index contributed by atoms with van der Waals surface area (Å²) in [7, 11) is 0. The number of para-hydroxylation sites is 2. The minimum Gasteiger partial charge on any atom is -0.341 e. The molecule has 0 aliphatic heterocycles. The predicted molar refractivity (Wildman–Crippen MR) is 111 cm³/mol. The number of H-pyrrole nitrogens is 1. The van der Waals surface area contributed by atoms with E-state index >= 15 is 0 Å². The first kappa shape index (κ1) is 19.4. The molecule has 31 heavy (non-hydrogen) atoms. The van der Waals surface area contributed by atoms with Crippen LogP contribution >= 0.6 is 11.8 Å². The number of aromatic nitrogens is 6. The van der Waals surface area contributed by atoms with Crippen LogP contribution in [0.5, 0.6) is 0 Å². The molecule has 0 aliphatic carbocycles. The number of hydrogen-bond donors (Lipinski definition) is 1. The van der Waals surface area contributed by atoms with Gasteiger partial charge in [-0.05, 0) is 24.3 Å². The zero-order chi connectivity index (χ0) is 21.4. The van der Waals surface area contributed by atoms with Gasteiger partial charge in [-0.2, -0.15) is 13.2 Å². The number of benzene rings is 2. The van der Waals surface area contributed by atoms with Crippen molar-refractivity contribution in [2.24, 2.45) is 0 Å². The third-order valence-electron chi connectivity index (χ3n) is 4.64. The maximum atomic E-state index is 13.3. The van der Waals surface area contributed by atoms with Gasteiger partial charge in [-0.15, -0.1) is 0 Å². The Morgan fingerprint density at radius 3 is 2.52 bits per heavy atom. The lowest BCUT2D eigenvalue weighted by atomic mass is 10.1. The van der Waals surface area contributed by atoms with E-state index in [1.807, 2.05) is 18.2 Å². The number of rotatable bonds is 4. The molecule has 3 heterocycles. The van der Waals surface area contributed by atoms with Crippen molar-refractivity contribution in [3.63, 3.8) is 0 Å². The van der Waals surface area contributed by atoms with Gasteiger partial charge in [0.2, 0.25) is 0 Å². The lowest BCUT2D eigenvalue weighted by Gasteiger charge is -2.12. The Bertz CT molecular complexity index is 1400. The molecule has 0 saturated heterocycles. The van der Waals surface area contributed by atoms with Crippen molar-refractivity contribution >= 4 is 34.0 Å². The van der Waals surface area contributed by atoms with Crippen molar-refractivity contribution in [1.29, 1.82) is 0 Å². The second-order valence-electron chi connectivity index (χ2n) is 6.65. The third kappa shape index (κ3) is 3.81. The molecule has 10 heteroatoms. The highest BCUT2D eigenvalue weighted by Crippen LogP contribution is 2.34. The van der Waals surface area contributed by atoms with Gasteiger partial charge in [-0.1, -0.05) is 36.0 Å². The second kappa shape index (κ2) is 7.62. The van der Waals surface area contributed by atoms with Crippen LogP contribution in [0.4, 0.5) is 13.2 Å². The van der Waals surface area contributed by atoms with Crippen molar-refractivity contribution in [3.05, 3.63) is 72.4 Å². The van der Waals surface area contributed by atoms with Crippen LogP contribution in [-0.4, -0.2) is 29.9 Å². The van der Waals surface area contributed by atoms with Crippen LogP contribution in [-0.2, 0) is 11.9 Å². The van der Waals surface area contributed by atoms with Crippen LogP contribution in [0.1, 0.15) is 11.3 Å². The largest absolute Gasteiger partial charge is 0.416 e. The molecule has 0 aliphatic rings. The van der Waals surface area contributed by atoms with E-state index in [-0.39, 0.29) is 0 Å². The minimum absolute atomic E-state index is 0.356. The maximum absolute atomic E-state index is 13.3. The Labute approximate surface area is 178 Å². The maximum Gasteiger partial charge on any atom is 0.416 e. The Morgan fingerprint density at radius 2 is 1.71 bits per heavy atom. The highest BCUT2D eigenvalue weighted by atomic mass is 32.2. The number of alkyl halides is 3. The molecule has 154 valence electrons. The average Bonchev–Trinajstić information content (AvgIpc) is 3.26. The third-order valence-corrected chi connectivity index (χ3v) is 5.64. The Kier molecular flexibility index (Phi) is 4.78. The van der Waals surface area contributed by atoms with Crippen LogP contribution in [0.15, 0.2) is 66.2 Å². The number of nitrogens with one attached hydrogen (secondary N) is 1. The highest BCUT2D eigenvalue weighted by molar-refractivity contribution is 7.98. The number of halogens is 3. The van der Waals surface area contributed by atoms with Gasteiger partial charge >= 0.3 is 6.18 Å². The first-order valence-corrected chi connectivity index (χ1v) is 10.2. The summed E-state index contributed by atoms with van der Waals surface area (Å²) in [6.45, 7) is 0. The first-order valence-electron chi connectivity index (χ1n) is 9.19. The fraction of sp³-hybridized carbons (Fsp3) is 0.0952. The van der Waals surface area contributed by atoms with Crippen LogP contribution in [0.2, 0.25) is 0 Å². The number of imidazole rings is 1.